The van der Waals surface area contributed by atoms with Gasteiger partial charge in [0.15, 0.2) is 0 Å². The topological polar surface area (TPSA) is 3.24 Å². The number of rotatable bonds is 5. The Morgan fingerprint density at radius 2 is 0.852 bits per heavy atom. The van der Waals surface area contributed by atoms with E-state index < -0.39 is 0 Å². The minimum absolute atomic E-state index is 1.12. The first-order valence-corrected chi connectivity index (χ1v) is 19.3. The Hall–Kier alpha value is -6.74. The number of fused-ring (bicyclic) bond motifs is 10. The van der Waals surface area contributed by atoms with Crippen LogP contribution in [0.3, 0.4) is 0 Å². The smallest absolute Gasteiger partial charge is 0.0554 e. The van der Waals surface area contributed by atoms with Crippen molar-refractivity contribution < 1.29 is 0 Å². The molecule has 54 heavy (non-hydrogen) atoms. The molecular weight excluding hydrogens is 671 g/mol. The van der Waals surface area contributed by atoms with E-state index in [0.29, 0.717) is 0 Å². The molecule has 1 heterocycles. The molecule has 1 aromatic heterocycles. The Kier molecular flexibility index (Phi) is 7.11. The molecule has 11 rings (SSSR count). The van der Waals surface area contributed by atoms with Crippen molar-refractivity contribution in [2.45, 2.75) is 0 Å². The Morgan fingerprint density at radius 3 is 1.65 bits per heavy atom. The number of anilines is 3. The van der Waals surface area contributed by atoms with Crippen LogP contribution in [0.5, 0.6) is 0 Å². The summed E-state index contributed by atoms with van der Waals surface area (Å²) >= 11 is 1.86. The Balaban J connectivity index is 1.14. The van der Waals surface area contributed by atoms with Crippen molar-refractivity contribution in [3.8, 4) is 22.3 Å². The average Bonchev–Trinajstić information content (AvgIpc) is 3.63. The van der Waals surface area contributed by atoms with Crippen molar-refractivity contribution >= 4 is 91.7 Å². The highest BCUT2D eigenvalue weighted by molar-refractivity contribution is 7.26. The summed E-state index contributed by atoms with van der Waals surface area (Å²) in [5.41, 5.74) is 8.27. The summed E-state index contributed by atoms with van der Waals surface area (Å²) in [6.45, 7) is 0. The third-order valence-corrected chi connectivity index (χ3v) is 12.1. The van der Waals surface area contributed by atoms with Gasteiger partial charge in [0.25, 0.3) is 0 Å². The van der Waals surface area contributed by atoms with E-state index in [0.717, 1.165) is 11.4 Å². The molecule has 0 spiro atoms. The van der Waals surface area contributed by atoms with E-state index in [1.807, 2.05) is 11.3 Å². The van der Waals surface area contributed by atoms with Gasteiger partial charge in [0.1, 0.15) is 0 Å². The maximum Gasteiger partial charge on any atom is 0.0554 e. The first kappa shape index (κ1) is 30.8. The van der Waals surface area contributed by atoms with Crippen LogP contribution < -0.4 is 4.90 Å². The van der Waals surface area contributed by atoms with Crippen LogP contribution in [0.2, 0.25) is 0 Å². The Labute approximate surface area is 317 Å². The molecule has 0 amide bonds. The van der Waals surface area contributed by atoms with Crippen molar-refractivity contribution in [1.29, 1.82) is 0 Å². The minimum atomic E-state index is 1.12. The fraction of sp³-hybridized carbons (Fsp3) is 0. The van der Waals surface area contributed by atoms with Gasteiger partial charge in [0.05, 0.1) is 5.69 Å². The molecule has 0 aliphatic rings. The summed E-state index contributed by atoms with van der Waals surface area (Å²) in [7, 11) is 0. The van der Waals surface area contributed by atoms with Crippen LogP contribution in [0.4, 0.5) is 17.1 Å². The standard InChI is InChI=1S/C52H33NS/c1-2-19-40-34(13-1)14-11-25-41(40)37-17-9-15-35(31-37)36-16-10-18-38(32-36)53(49-26-12-28-51-52(49)47-24-7-8-27-50(47)54-51)39-29-30-46-44-22-4-3-20-42(44)43-21-5-6-23-45(43)48(46)33-39/h1-33H. The molecule has 0 aliphatic carbocycles. The molecule has 2 heteroatoms. The van der Waals surface area contributed by atoms with E-state index in [1.165, 1.54) is 91.2 Å². The van der Waals surface area contributed by atoms with E-state index in [4.69, 9.17) is 0 Å². The summed E-state index contributed by atoms with van der Waals surface area (Å²) in [6.07, 6.45) is 0. The Bertz CT molecular complexity index is 3200. The van der Waals surface area contributed by atoms with Gasteiger partial charge in [0.2, 0.25) is 0 Å². The molecule has 11 aromatic rings. The number of benzene rings is 10. The van der Waals surface area contributed by atoms with Crippen LogP contribution in [0.25, 0.3) is 85.5 Å². The third-order valence-electron chi connectivity index (χ3n) is 11.0. The first-order valence-electron chi connectivity index (χ1n) is 18.5. The summed E-state index contributed by atoms with van der Waals surface area (Å²) in [5.74, 6) is 0. The monoisotopic (exact) mass is 703 g/mol. The van der Waals surface area contributed by atoms with Crippen molar-refractivity contribution in [1.82, 2.24) is 0 Å². The predicted molar refractivity (Wildman–Crippen MR) is 235 cm³/mol. The molecule has 0 N–H and O–H groups in total. The fourth-order valence-electron chi connectivity index (χ4n) is 8.57. The van der Waals surface area contributed by atoms with Crippen LogP contribution in [0.15, 0.2) is 200 Å². The largest absolute Gasteiger partial charge is 0.310 e. The highest BCUT2D eigenvalue weighted by atomic mass is 32.1. The zero-order valence-corrected chi connectivity index (χ0v) is 30.2. The lowest BCUT2D eigenvalue weighted by Gasteiger charge is -2.27. The molecule has 0 radical (unpaired) electrons. The molecule has 1 nitrogen and oxygen atoms in total. The van der Waals surface area contributed by atoms with Crippen molar-refractivity contribution in [3.63, 3.8) is 0 Å². The SMILES string of the molecule is c1cc(-c2cccc(N(c3ccc4c5ccccc5c5ccccc5c4c3)c3cccc4sc5ccccc5c34)c2)cc(-c2cccc3ccccc23)c1. The summed E-state index contributed by atoms with van der Waals surface area (Å²) in [4.78, 5) is 2.48. The Morgan fingerprint density at radius 1 is 0.315 bits per heavy atom. The molecular formula is C52H33NS. The lowest BCUT2D eigenvalue weighted by Crippen LogP contribution is -2.10. The summed E-state index contributed by atoms with van der Waals surface area (Å²) in [5, 5.41) is 12.7. The van der Waals surface area contributed by atoms with Gasteiger partial charge in [-0.15, -0.1) is 11.3 Å². The molecule has 0 aliphatic heterocycles. The van der Waals surface area contributed by atoms with Crippen molar-refractivity contribution in [2.75, 3.05) is 4.90 Å². The van der Waals surface area contributed by atoms with Gasteiger partial charge in [0, 0.05) is 31.5 Å². The van der Waals surface area contributed by atoms with Crippen LogP contribution in [0, 0.1) is 0 Å². The molecule has 0 saturated carbocycles. The second-order valence-electron chi connectivity index (χ2n) is 14.1. The lowest BCUT2D eigenvalue weighted by molar-refractivity contribution is 1.31. The zero-order valence-electron chi connectivity index (χ0n) is 29.4. The first-order chi connectivity index (χ1) is 26.8. The average molecular weight is 704 g/mol. The molecule has 10 aromatic carbocycles. The molecule has 0 unspecified atom stereocenters. The second-order valence-corrected chi connectivity index (χ2v) is 15.1. The van der Waals surface area contributed by atoms with Gasteiger partial charge >= 0.3 is 0 Å². The van der Waals surface area contributed by atoms with Crippen molar-refractivity contribution in [2.24, 2.45) is 0 Å². The number of nitrogens with zero attached hydrogens (tertiary/aromatic N) is 1. The molecule has 0 saturated heterocycles. The lowest BCUT2D eigenvalue weighted by atomic mass is 9.93. The second kappa shape index (κ2) is 12.4. The fourth-order valence-corrected chi connectivity index (χ4v) is 9.70. The zero-order chi connectivity index (χ0) is 35.6. The van der Waals surface area contributed by atoms with E-state index in [9.17, 15) is 0 Å². The molecule has 252 valence electrons. The molecule has 0 bridgehead atoms. The quantitative estimate of drug-likeness (QED) is 0.161. The van der Waals surface area contributed by atoms with Crippen molar-refractivity contribution in [3.05, 3.63) is 200 Å². The van der Waals surface area contributed by atoms with E-state index >= 15 is 0 Å². The van der Waals surface area contributed by atoms with Crippen LogP contribution in [-0.4, -0.2) is 0 Å². The van der Waals surface area contributed by atoms with Gasteiger partial charge in [-0.1, -0.05) is 152 Å². The number of thiophene rings is 1. The number of hydrogen-bond acceptors (Lipinski definition) is 2. The van der Waals surface area contributed by atoms with Gasteiger partial charge in [-0.3, -0.25) is 0 Å². The maximum absolute atomic E-state index is 2.48. The van der Waals surface area contributed by atoms with Gasteiger partial charge in [-0.2, -0.15) is 0 Å². The summed E-state index contributed by atoms with van der Waals surface area (Å²) in [6, 6.07) is 73.6. The highest BCUT2D eigenvalue weighted by Gasteiger charge is 2.20. The van der Waals surface area contributed by atoms with Crippen LogP contribution in [0.1, 0.15) is 0 Å². The molecule has 0 fully saturated rings. The summed E-state index contributed by atoms with van der Waals surface area (Å²) < 4.78 is 2.59. The van der Waals surface area contributed by atoms with Gasteiger partial charge in [-0.05, 0) is 114 Å². The number of hydrogen-bond donors (Lipinski definition) is 0. The predicted octanol–water partition coefficient (Wildman–Crippen LogP) is 15.5. The van der Waals surface area contributed by atoms with Crippen LogP contribution >= 0.6 is 11.3 Å². The van der Waals surface area contributed by atoms with E-state index in [1.54, 1.807) is 0 Å². The van der Waals surface area contributed by atoms with Gasteiger partial charge < -0.3 is 4.90 Å². The van der Waals surface area contributed by atoms with Crippen LogP contribution in [-0.2, 0) is 0 Å². The van der Waals surface area contributed by atoms with E-state index in [-0.39, 0.29) is 0 Å². The van der Waals surface area contributed by atoms with Gasteiger partial charge in [-0.25, -0.2) is 0 Å². The molecule has 0 atom stereocenters. The highest BCUT2D eigenvalue weighted by Crippen LogP contribution is 2.47. The van der Waals surface area contributed by atoms with E-state index in [2.05, 4.69) is 205 Å². The third kappa shape index (κ3) is 4.92. The minimum Gasteiger partial charge on any atom is -0.310 e. The normalized spacial score (nSPS) is 11.7. The maximum atomic E-state index is 2.48.